The van der Waals surface area contributed by atoms with Crippen LogP contribution in [0.25, 0.3) is 33.8 Å². The molecule has 0 bridgehead atoms. The SMILES string of the molecule is C1=CC=CCC=C1.C=C(/C=C\C1C=C(C)C(CC=C(C)c2ccc3c(c2)c(/C=C\C=C/C)cn3-c2ccccc2)=C(/C=C\C)N1)c1ccccc1.CC.CC.Cc1ccccc1. The van der Waals surface area contributed by atoms with E-state index >= 15 is 0 Å². The van der Waals surface area contributed by atoms with Gasteiger partial charge in [0.05, 0.1) is 11.6 Å². The highest BCUT2D eigenvalue weighted by Gasteiger charge is 2.16. The summed E-state index contributed by atoms with van der Waals surface area (Å²) in [5, 5.41) is 4.97. The number of para-hydroxylation sites is 1. The van der Waals surface area contributed by atoms with Crippen LogP contribution < -0.4 is 5.32 Å². The summed E-state index contributed by atoms with van der Waals surface area (Å²) in [6, 6.07) is 38.1. The molecule has 5 aromatic rings. The number of aryl methyl sites for hydroxylation is 1. The fourth-order valence-electron chi connectivity index (χ4n) is 6.68. The molecule has 1 unspecified atom stereocenters. The molecular weight excluding hydrogens is 749 g/mol. The van der Waals surface area contributed by atoms with Crippen molar-refractivity contribution in [2.75, 3.05) is 0 Å². The van der Waals surface area contributed by atoms with Gasteiger partial charge in [-0.25, -0.2) is 0 Å². The number of nitrogens with zero attached hydrogens (tertiary/aromatic N) is 1. The van der Waals surface area contributed by atoms with Crippen LogP contribution in [0.15, 0.2) is 230 Å². The van der Waals surface area contributed by atoms with E-state index < -0.39 is 0 Å². The molecular formula is C60H70N2. The van der Waals surface area contributed by atoms with E-state index in [-0.39, 0.29) is 6.04 Å². The second-order valence-electron chi connectivity index (χ2n) is 14.3. The first-order valence-electron chi connectivity index (χ1n) is 22.3. The van der Waals surface area contributed by atoms with Crippen LogP contribution in [-0.2, 0) is 0 Å². The molecule has 0 amide bonds. The zero-order valence-electron chi connectivity index (χ0n) is 38.9. The van der Waals surface area contributed by atoms with E-state index in [0.29, 0.717) is 0 Å². The molecule has 62 heavy (non-hydrogen) atoms. The first-order valence-corrected chi connectivity index (χ1v) is 22.3. The average molecular weight is 819 g/mol. The minimum atomic E-state index is 0.112. The predicted octanol–water partition coefficient (Wildman–Crippen LogP) is 17.1. The van der Waals surface area contributed by atoms with E-state index in [1.165, 1.54) is 50.0 Å². The molecule has 0 saturated carbocycles. The highest BCUT2D eigenvalue weighted by atomic mass is 15.0. The van der Waals surface area contributed by atoms with E-state index in [1.54, 1.807) is 0 Å². The average Bonchev–Trinajstić information content (AvgIpc) is 3.44. The summed E-state index contributed by atoms with van der Waals surface area (Å²) in [6.07, 6.45) is 38.3. The monoisotopic (exact) mass is 819 g/mol. The van der Waals surface area contributed by atoms with Crippen molar-refractivity contribution < 1.29 is 0 Å². The number of hydrogen-bond donors (Lipinski definition) is 1. The molecule has 1 N–H and O–H groups in total. The van der Waals surface area contributed by atoms with Gasteiger partial charge in [-0.05, 0) is 111 Å². The minimum Gasteiger partial charge on any atom is -0.375 e. The van der Waals surface area contributed by atoms with Crippen molar-refractivity contribution in [1.29, 1.82) is 0 Å². The highest BCUT2D eigenvalue weighted by molar-refractivity contribution is 5.93. The summed E-state index contributed by atoms with van der Waals surface area (Å²) in [4.78, 5) is 0. The molecule has 4 aromatic carbocycles. The lowest BCUT2D eigenvalue weighted by atomic mass is 9.93. The fourth-order valence-corrected chi connectivity index (χ4v) is 6.68. The molecule has 0 spiro atoms. The third-order valence-electron chi connectivity index (χ3n) is 9.87. The third kappa shape index (κ3) is 16.1. The maximum atomic E-state index is 4.26. The van der Waals surface area contributed by atoms with Crippen molar-refractivity contribution in [3.63, 3.8) is 0 Å². The van der Waals surface area contributed by atoms with E-state index in [0.717, 1.165) is 29.7 Å². The van der Waals surface area contributed by atoms with Crippen LogP contribution in [0.5, 0.6) is 0 Å². The lowest BCUT2D eigenvalue weighted by Gasteiger charge is -2.25. The number of aromatic nitrogens is 1. The summed E-state index contributed by atoms with van der Waals surface area (Å²) in [7, 11) is 0. The van der Waals surface area contributed by atoms with Crippen LogP contribution in [0.3, 0.4) is 0 Å². The smallest absolute Gasteiger partial charge is 0.0637 e. The molecule has 2 nitrogen and oxygen atoms in total. The van der Waals surface area contributed by atoms with Crippen molar-refractivity contribution in [1.82, 2.24) is 9.88 Å². The topological polar surface area (TPSA) is 17.0 Å². The Morgan fingerprint density at radius 2 is 1.35 bits per heavy atom. The zero-order valence-corrected chi connectivity index (χ0v) is 38.9. The van der Waals surface area contributed by atoms with Crippen molar-refractivity contribution in [3.05, 3.63) is 252 Å². The third-order valence-corrected chi connectivity index (χ3v) is 9.87. The molecule has 7 rings (SSSR count). The van der Waals surface area contributed by atoms with Gasteiger partial charge in [-0.3, -0.25) is 0 Å². The second kappa shape index (κ2) is 28.8. The van der Waals surface area contributed by atoms with Crippen molar-refractivity contribution in [3.8, 4) is 5.69 Å². The molecule has 2 aliphatic rings. The van der Waals surface area contributed by atoms with Crippen LogP contribution in [0.4, 0.5) is 0 Å². The molecule has 1 aliphatic heterocycles. The second-order valence-corrected chi connectivity index (χ2v) is 14.3. The summed E-state index contributed by atoms with van der Waals surface area (Å²) >= 11 is 0. The van der Waals surface area contributed by atoms with Gasteiger partial charge < -0.3 is 9.88 Å². The Hall–Kier alpha value is -6.64. The number of fused-ring (bicyclic) bond motifs is 1. The number of hydrogen-bond acceptors (Lipinski definition) is 1. The van der Waals surface area contributed by atoms with Crippen LogP contribution in [0.2, 0.25) is 0 Å². The summed E-state index contributed by atoms with van der Waals surface area (Å²) in [5.41, 5.74) is 13.3. The molecule has 1 aliphatic carbocycles. The van der Waals surface area contributed by atoms with Gasteiger partial charge in [0.2, 0.25) is 0 Å². The normalized spacial score (nSPS) is 14.6. The van der Waals surface area contributed by atoms with Gasteiger partial charge in [0.1, 0.15) is 0 Å². The van der Waals surface area contributed by atoms with E-state index in [1.807, 2.05) is 83.2 Å². The van der Waals surface area contributed by atoms with Crippen LogP contribution in [0.1, 0.15) is 90.5 Å². The van der Waals surface area contributed by atoms with Crippen LogP contribution in [-0.4, -0.2) is 10.6 Å². The molecule has 1 aromatic heterocycles. The van der Waals surface area contributed by atoms with E-state index in [9.17, 15) is 0 Å². The Morgan fingerprint density at radius 3 is 1.95 bits per heavy atom. The maximum Gasteiger partial charge on any atom is 0.0637 e. The highest BCUT2D eigenvalue weighted by Crippen LogP contribution is 2.31. The Bertz CT molecular complexity index is 2390. The van der Waals surface area contributed by atoms with Crippen molar-refractivity contribution >= 4 is 28.1 Å². The fraction of sp³-hybridized carbons (Fsp3) is 0.200. The molecule has 320 valence electrons. The Balaban J connectivity index is 0.000000473. The summed E-state index contributed by atoms with van der Waals surface area (Å²) in [6.45, 7) is 22.9. The Labute approximate surface area is 375 Å². The maximum absolute atomic E-state index is 4.26. The van der Waals surface area contributed by atoms with Crippen LogP contribution >= 0.6 is 0 Å². The summed E-state index contributed by atoms with van der Waals surface area (Å²) in [5.74, 6) is 0. The van der Waals surface area contributed by atoms with E-state index in [2.05, 4.69) is 208 Å². The van der Waals surface area contributed by atoms with Crippen molar-refractivity contribution in [2.24, 2.45) is 0 Å². The molecule has 0 radical (unpaired) electrons. The van der Waals surface area contributed by atoms with Gasteiger partial charge in [0.25, 0.3) is 0 Å². The number of rotatable bonds is 10. The standard InChI is InChI=1S/C42H42N2.2C7H8.2C2H6/c1-6-8-11-19-36-30-44(38-20-14-10-15-21-38)42-27-24-35(29-40(36)42)32(4)23-26-39-33(5)28-37(43-41(39)16-7-2)25-22-31(3)34-17-12-9-13-18-34;1-7-5-3-2-4-6-7;1-2-4-6-7-5-3-1;2*1-2/h6-25,27-30,37,43H,3,26H2,1-2,4-5H3;2-6H,1H3;1-6H,7H2;2*1-2H3/b8-6-,16-7-,19-11-,25-22-,32-23?;;;;. The number of allylic oxidation sites excluding steroid dienone is 17. The largest absolute Gasteiger partial charge is 0.375 e. The quantitative estimate of drug-likeness (QED) is 0.139. The number of benzene rings is 4. The minimum absolute atomic E-state index is 0.112. The molecule has 0 saturated heterocycles. The van der Waals surface area contributed by atoms with E-state index in [4.69, 9.17) is 0 Å². The summed E-state index contributed by atoms with van der Waals surface area (Å²) < 4.78 is 2.28. The lowest BCUT2D eigenvalue weighted by Crippen LogP contribution is -2.29. The lowest BCUT2D eigenvalue weighted by molar-refractivity contribution is 0.766. The predicted molar refractivity (Wildman–Crippen MR) is 278 cm³/mol. The molecule has 0 fully saturated rings. The first-order chi connectivity index (χ1) is 30.4. The van der Waals surface area contributed by atoms with Crippen LogP contribution in [0, 0.1) is 6.92 Å². The van der Waals surface area contributed by atoms with Crippen molar-refractivity contribution in [2.45, 2.75) is 81.2 Å². The van der Waals surface area contributed by atoms with Gasteiger partial charge in [-0.2, -0.15) is 0 Å². The van der Waals surface area contributed by atoms with Gasteiger partial charge >= 0.3 is 0 Å². The Kier molecular flexibility index (Phi) is 23.1. The van der Waals surface area contributed by atoms with Gasteiger partial charge in [0, 0.05) is 28.5 Å². The Morgan fingerprint density at radius 1 is 0.726 bits per heavy atom. The number of nitrogens with one attached hydrogen (secondary N) is 1. The van der Waals surface area contributed by atoms with Gasteiger partial charge in [-0.15, -0.1) is 0 Å². The molecule has 1 atom stereocenters. The zero-order chi connectivity index (χ0) is 45.0. The molecule has 2 heterocycles. The molecule has 2 heteroatoms. The van der Waals surface area contributed by atoms with Gasteiger partial charge in [-0.1, -0.05) is 216 Å². The number of dihydropyridines is 1. The van der Waals surface area contributed by atoms with Gasteiger partial charge in [0.15, 0.2) is 0 Å². The first kappa shape index (κ1) is 49.7.